The molecule has 0 unspecified atom stereocenters. The van der Waals surface area contributed by atoms with Crippen LogP contribution in [0.5, 0.6) is 0 Å². The van der Waals surface area contributed by atoms with E-state index in [0.717, 1.165) is 42.4 Å². The van der Waals surface area contributed by atoms with Crippen LogP contribution in [0.15, 0.2) is 22.6 Å². The van der Waals surface area contributed by atoms with Gasteiger partial charge in [0.05, 0.1) is 0 Å². The maximum Gasteiger partial charge on any atom is 0.195 e. The highest BCUT2D eigenvalue weighted by molar-refractivity contribution is 6.31. The summed E-state index contributed by atoms with van der Waals surface area (Å²) in [6, 6.07) is 5.58. The lowest BCUT2D eigenvalue weighted by atomic mass is 9.93. The molecule has 0 atom stereocenters. The Balaban J connectivity index is 1.67. The van der Waals surface area contributed by atoms with Crippen LogP contribution in [0.3, 0.4) is 0 Å². The van der Waals surface area contributed by atoms with Gasteiger partial charge >= 0.3 is 0 Å². The van der Waals surface area contributed by atoms with E-state index in [0.29, 0.717) is 5.02 Å². The molecule has 2 aromatic rings. The fraction of sp³-hybridized carbons (Fsp3) is 0.500. The zero-order valence-electron chi connectivity index (χ0n) is 10.3. The summed E-state index contributed by atoms with van der Waals surface area (Å²) >= 11 is 5.94. The van der Waals surface area contributed by atoms with Crippen molar-refractivity contribution >= 4 is 22.7 Å². The summed E-state index contributed by atoms with van der Waals surface area (Å²) in [5, 5.41) is 4.10. The average molecular weight is 265 g/mol. The van der Waals surface area contributed by atoms with Gasteiger partial charge in [-0.2, -0.15) is 0 Å². The molecule has 1 aromatic carbocycles. The number of nitrogens with one attached hydrogen (secondary N) is 1. The molecule has 2 heterocycles. The van der Waals surface area contributed by atoms with Crippen LogP contribution in [-0.4, -0.2) is 18.1 Å². The maximum absolute atomic E-state index is 5.94. The first kappa shape index (κ1) is 12.0. The Bertz CT molecular complexity index is 532. The van der Waals surface area contributed by atoms with Crippen molar-refractivity contribution in [3.63, 3.8) is 0 Å². The highest BCUT2D eigenvalue weighted by Gasteiger charge is 2.14. The molecule has 18 heavy (non-hydrogen) atoms. The first-order chi connectivity index (χ1) is 8.81. The standard InChI is InChI=1S/C14H17ClN2O/c15-11-2-3-13-12(9-11)17-14(18-13)4-1-10-5-7-16-8-6-10/h2-3,9-10,16H,1,4-8H2. The molecule has 0 bridgehead atoms. The van der Waals surface area contributed by atoms with Crippen molar-refractivity contribution in [1.29, 1.82) is 0 Å². The van der Waals surface area contributed by atoms with Crippen LogP contribution in [0, 0.1) is 5.92 Å². The van der Waals surface area contributed by atoms with E-state index in [1.807, 2.05) is 18.2 Å². The Labute approximate surface area is 112 Å². The van der Waals surface area contributed by atoms with E-state index in [2.05, 4.69) is 10.3 Å². The number of hydrogen-bond donors (Lipinski definition) is 1. The molecular weight excluding hydrogens is 248 g/mol. The van der Waals surface area contributed by atoms with Gasteiger partial charge in [-0.15, -0.1) is 0 Å². The van der Waals surface area contributed by atoms with Crippen molar-refractivity contribution in [2.75, 3.05) is 13.1 Å². The SMILES string of the molecule is Clc1ccc2oc(CCC3CCNCC3)nc2c1. The lowest BCUT2D eigenvalue weighted by Gasteiger charge is -2.21. The fourth-order valence-electron chi connectivity index (χ4n) is 2.55. The third kappa shape index (κ3) is 2.68. The maximum atomic E-state index is 5.94. The first-order valence-corrected chi connectivity index (χ1v) is 6.95. The molecule has 1 aliphatic heterocycles. The summed E-state index contributed by atoms with van der Waals surface area (Å²) in [6.45, 7) is 2.29. The summed E-state index contributed by atoms with van der Waals surface area (Å²) in [5.74, 6) is 1.65. The summed E-state index contributed by atoms with van der Waals surface area (Å²) in [6.07, 6.45) is 4.64. The number of halogens is 1. The molecule has 1 aliphatic rings. The van der Waals surface area contributed by atoms with Crippen LogP contribution in [0.4, 0.5) is 0 Å². The topological polar surface area (TPSA) is 38.1 Å². The summed E-state index contributed by atoms with van der Waals surface area (Å²) in [7, 11) is 0. The summed E-state index contributed by atoms with van der Waals surface area (Å²) in [4.78, 5) is 4.49. The number of hydrogen-bond acceptors (Lipinski definition) is 3. The molecule has 3 nitrogen and oxygen atoms in total. The number of rotatable bonds is 3. The third-order valence-electron chi connectivity index (χ3n) is 3.62. The van der Waals surface area contributed by atoms with E-state index in [1.54, 1.807) is 0 Å². The van der Waals surface area contributed by atoms with E-state index in [1.165, 1.54) is 19.3 Å². The quantitative estimate of drug-likeness (QED) is 0.923. The van der Waals surface area contributed by atoms with Crippen LogP contribution in [-0.2, 0) is 6.42 Å². The van der Waals surface area contributed by atoms with Crippen LogP contribution >= 0.6 is 11.6 Å². The highest BCUT2D eigenvalue weighted by Crippen LogP contribution is 2.23. The third-order valence-corrected chi connectivity index (χ3v) is 3.85. The van der Waals surface area contributed by atoms with Crippen molar-refractivity contribution in [3.8, 4) is 0 Å². The lowest BCUT2D eigenvalue weighted by molar-refractivity contribution is 0.343. The van der Waals surface area contributed by atoms with E-state index in [4.69, 9.17) is 16.0 Å². The molecule has 0 aliphatic carbocycles. The molecule has 0 radical (unpaired) electrons. The molecule has 1 aromatic heterocycles. The largest absolute Gasteiger partial charge is 0.441 e. The second-order valence-corrected chi connectivity index (χ2v) is 5.39. The van der Waals surface area contributed by atoms with E-state index in [-0.39, 0.29) is 0 Å². The monoisotopic (exact) mass is 264 g/mol. The molecule has 0 spiro atoms. The van der Waals surface area contributed by atoms with Gasteiger partial charge in [0.15, 0.2) is 11.5 Å². The van der Waals surface area contributed by atoms with Gasteiger partial charge in [0.1, 0.15) is 5.52 Å². The number of benzene rings is 1. The molecular formula is C14H17ClN2O. The second kappa shape index (κ2) is 5.29. The first-order valence-electron chi connectivity index (χ1n) is 6.57. The highest BCUT2D eigenvalue weighted by atomic mass is 35.5. The Morgan fingerprint density at radius 2 is 2.17 bits per heavy atom. The van der Waals surface area contributed by atoms with Crippen molar-refractivity contribution in [2.45, 2.75) is 25.7 Å². The van der Waals surface area contributed by atoms with Gasteiger partial charge in [0, 0.05) is 11.4 Å². The van der Waals surface area contributed by atoms with E-state index in [9.17, 15) is 0 Å². The number of oxazole rings is 1. The van der Waals surface area contributed by atoms with E-state index < -0.39 is 0 Å². The van der Waals surface area contributed by atoms with Crippen molar-refractivity contribution in [1.82, 2.24) is 10.3 Å². The smallest absolute Gasteiger partial charge is 0.195 e. The molecule has 0 saturated carbocycles. The molecule has 0 amide bonds. The summed E-state index contributed by atoms with van der Waals surface area (Å²) in [5.41, 5.74) is 1.70. The van der Waals surface area contributed by atoms with Gasteiger partial charge < -0.3 is 9.73 Å². The Hall–Kier alpha value is -1.06. The molecule has 96 valence electrons. The van der Waals surface area contributed by atoms with Gasteiger partial charge in [-0.1, -0.05) is 11.6 Å². The van der Waals surface area contributed by atoms with Crippen molar-refractivity contribution in [3.05, 3.63) is 29.1 Å². The number of piperidine rings is 1. The van der Waals surface area contributed by atoms with Crippen LogP contribution in [0.25, 0.3) is 11.1 Å². The molecule has 4 heteroatoms. The Morgan fingerprint density at radius 3 is 3.00 bits per heavy atom. The average Bonchev–Trinajstić information content (AvgIpc) is 2.79. The lowest BCUT2D eigenvalue weighted by Crippen LogP contribution is -2.27. The molecule has 3 rings (SSSR count). The molecule has 1 fully saturated rings. The molecule has 1 saturated heterocycles. The fourth-order valence-corrected chi connectivity index (χ4v) is 2.72. The van der Waals surface area contributed by atoms with Gasteiger partial charge in [-0.3, -0.25) is 0 Å². The summed E-state index contributed by atoms with van der Waals surface area (Å²) < 4.78 is 5.73. The predicted octanol–water partition coefficient (Wildman–Crippen LogP) is 3.41. The Kier molecular flexibility index (Phi) is 3.52. The zero-order chi connectivity index (χ0) is 12.4. The van der Waals surface area contributed by atoms with Crippen LogP contribution in [0.2, 0.25) is 5.02 Å². The minimum atomic E-state index is 0.709. The number of aryl methyl sites for hydroxylation is 1. The normalized spacial score (nSPS) is 17.4. The molecule has 1 N–H and O–H groups in total. The minimum absolute atomic E-state index is 0.709. The predicted molar refractivity (Wildman–Crippen MR) is 72.9 cm³/mol. The zero-order valence-corrected chi connectivity index (χ0v) is 11.0. The van der Waals surface area contributed by atoms with Gasteiger partial charge in [0.25, 0.3) is 0 Å². The van der Waals surface area contributed by atoms with Gasteiger partial charge in [0.2, 0.25) is 0 Å². The van der Waals surface area contributed by atoms with Crippen LogP contribution < -0.4 is 5.32 Å². The van der Waals surface area contributed by atoms with Crippen LogP contribution in [0.1, 0.15) is 25.2 Å². The number of fused-ring (bicyclic) bond motifs is 1. The minimum Gasteiger partial charge on any atom is -0.441 e. The Morgan fingerprint density at radius 1 is 1.33 bits per heavy atom. The van der Waals surface area contributed by atoms with Crippen molar-refractivity contribution in [2.24, 2.45) is 5.92 Å². The number of aromatic nitrogens is 1. The number of nitrogens with zero attached hydrogens (tertiary/aromatic N) is 1. The second-order valence-electron chi connectivity index (χ2n) is 4.95. The van der Waals surface area contributed by atoms with Crippen molar-refractivity contribution < 1.29 is 4.42 Å². The van der Waals surface area contributed by atoms with E-state index >= 15 is 0 Å². The van der Waals surface area contributed by atoms with Gasteiger partial charge in [-0.25, -0.2) is 4.98 Å². The van der Waals surface area contributed by atoms with Gasteiger partial charge in [-0.05, 0) is 56.5 Å².